The van der Waals surface area contributed by atoms with Gasteiger partial charge in [-0.25, -0.2) is 0 Å². The summed E-state index contributed by atoms with van der Waals surface area (Å²) in [6.45, 7) is 1.17. The van der Waals surface area contributed by atoms with Crippen LogP contribution in [0.15, 0.2) is 79.0 Å². The van der Waals surface area contributed by atoms with E-state index in [0.717, 1.165) is 5.56 Å². The van der Waals surface area contributed by atoms with E-state index in [-0.39, 0.29) is 28.9 Å². The van der Waals surface area contributed by atoms with E-state index in [0.29, 0.717) is 30.0 Å². The maximum atomic E-state index is 15.0. The van der Waals surface area contributed by atoms with Gasteiger partial charge >= 0.3 is 0 Å². The van der Waals surface area contributed by atoms with Crippen molar-refractivity contribution in [3.05, 3.63) is 113 Å². The Kier molecular flexibility index (Phi) is 7.15. The van der Waals surface area contributed by atoms with Gasteiger partial charge in [-0.2, -0.15) is 19.1 Å². The zero-order valence-corrected chi connectivity index (χ0v) is 21.9. The molecule has 1 aliphatic heterocycles. The standard InChI is InChI=1S/C30H26F2N6O2/c1-36(2)19-20-8-11-24(16-21(20)17-33)35-28(39)26-18-34-38-15-14-37(29(40)27(26)38)25-12-9-23(10-13-25)30(31,32)22-6-4-3-5-7-22/h3-13,16,18H,14-15,19H2,1-2H3,(H,35,39). The first kappa shape index (κ1) is 26.7. The molecule has 4 aromatic rings. The van der Waals surface area contributed by atoms with Gasteiger partial charge in [0, 0.05) is 35.6 Å². The largest absolute Gasteiger partial charge is 0.322 e. The summed E-state index contributed by atoms with van der Waals surface area (Å²) in [6.07, 6.45) is 1.33. The van der Waals surface area contributed by atoms with E-state index in [1.54, 1.807) is 36.4 Å². The lowest BCUT2D eigenvalue weighted by molar-refractivity contribution is 0.0428. The quantitative estimate of drug-likeness (QED) is 0.361. The number of hydrogen-bond donors (Lipinski definition) is 1. The average molecular weight is 541 g/mol. The topological polar surface area (TPSA) is 94.3 Å². The SMILES string of the molecule is CN(C)Cc1ccc(NC(=O)c2cnn3c2C(=O)N(c2ccc(C(F)(F)c4ccccc4)cc2)CC3)cc1C#N. The highest BCUT2D eigenvalue weighted by Crippen LogP contribution is 2.36. The molecule has 0 spiro atoms. The van der Waals surface area contributed by atoms with Crippen LogP contribution >= 0.6 is 0 Å². The molecule has 0 radical (unpaired) electrons. The summed E-state index contributed by atoms with van der Waals surface area (Å²) < 4.78 is 31.4. The minimum Gasteiger partial charge on any atom is -0.322 e. The van der Waals surface area contributed by atoms with E-state index < -0.39 is 17.7 Å². The average Bonchev–Trinajstić information content (AvgIpc) is 3.40. The summed E-state index contributed by atoms with van der Waals surface area (Å²) in [7, 11) is 3.80. The summed E-state index contributed by atoms with van der Waals surface area (Å²) in [5, 5.41) is 16.5. The highest BCUT2D eigenvalue weighted by Gasteiger charge is 2.35. The third-order valence-corrected chi connectivity index (χ3v) is 6.72. The van der Waals surface area contributed by atoms with Crippen molar-refractivity contribution >= 4 is 23.2 Å². The van der Waals surface area contributed by atoms with Crippen molar-refractivity contribution in [1.29, 1.82) is 5.26 Å². The number of carbonyl (C=O) groups is 2. The zero-order valence-electron chi connectivity index (χ0n) is 21.9. The van der Waals surface area contributed by atoms with Crippen molar-refractivity contribution < 1.29 is 18.4 Å². The lowest BCUT2D eigenvalue weighted by Gasteiger charge is -2.28. The number of benzene rings is 3. The van der Waals surface area contributed by atoms with Crippen LogP contribution in [0.2, 0.25) is 0 Å². The number of nitrogens with one attached hydrogen (secondary N) is 1. The first-order chi connectivity index (χ1) is 19.2. The maximum Gasteiger partial charge on any atom is 0.298 e. The van der Waals surface area contributed by atoms with Crippen LogP contribution in [-0.4, -0.2) is 47.1 Å². The van der Waals surface area contributed by atoms with Crippen molar-refractivity contribution in [3.63, 3.8) is 0 Å². The summed E-state index contributed by atoms with van der Waals surface area (Å²) >= 11 is 0. The van der Waals surface area contributed by atoms with E-state index >= 15 is 0 Å². The van der Waals surface area contributed by atoms with Crippen molar-refractivity contribution in [2.45, 2.75) is 19.0 Å². The molecule has 1 N–H and O–H groups in total. The van der Waals surface area contributed by atoms with Crippen LogP contribution in [0, 0.1) is 11.3 Å². The monoisotopic (exact) mass is 540 g/mol. The number of rotatable bonds is 7. The zero-order chi connectivity index (χ0) is 28.4. The third kappa shape index (κ3) is 5.07. The molecule has 2 amide bonds. The third-order valence-electron chi connectivity index (χ3n) is 6.72. The lowest BCUT2D eigenvalue weighted by atomic mass is 10.00. The minimum absolute atomic E-state index is 0.0813. The van der Waals surface area contributed by atoms with Crippen LogP contribution in [-0.2, 0) is 19.0 Å². The molecule has 2 heterocycles. The fourth-order valence-electron chi connectivity index (χ4n) is 4.72. The fourth-order valence-corrected chi connectivity index (χ4v) is 4.72. The number of hydrogen-bond acceptors (Lipinski definition) is 5. The maximum absolute atomic E-state index is 15.0. The molecule has 202 valence electrons. The molecule has 0 aliphatic carbocycles. The van der Waals surface area contributed by atoms with Gasteiger partial charge in [-0.1, -0.05) is 48.5 Å². The van der Waals surface area contributed by atoms with Crippen LogP contribution < -0.4 is 10.2 Å². The Morgan fingerprint density at radius 3 is 2.42 bits per heavy atom. The van der Waals surface area contributed by atoms with Gasteiger partial charge in [0.25, 0.3) is 17.7 Å². The smallest absolute Gasteiger partial charge is 0.298 e. The molecule has 0 saturated carbocycles. The molecule has 0 fully saturated rings. The van der Waals surface area contributed by atoms with E-state index in [2.05, 4.69) is 16.5 Å². The second kappa shape index (κ2) is 10.7. The number of nitrogens with zero attached hydrogens (tertiary/aromatic N) is 5. The van der Waals surface area contributed by atoms with Gasteiger partial charge in [0.1, 0.15) is 5.69 Å². The number of aromatic nitrogens is 2. The Morgan fingerprint density at radius 1 is 1.05 bits per heavy atom. The number of halogens is 2. The summed E-state index contributed by atoms with van der Waals surface area (Å²) in [6, 6.07) is 20.3. The Hall–Kier alpha value is -4.88. The number of alkyl halides is 2. The summed E-state index contributed by atoms with van der Waals surface area (Å²) in [4.78, 5) is 30.1. The number of nitriles is 1. The number of fused-ring (bicyclic) bond motifs is 1. The Bertz CT molecular complexity index is 1610. The van der Waals surface area contributed by atoms with E-state index in [9.17, 15) is 23.6 Å². The molecular weight excluding hydrogens is 514 g/mol. The van der Waals surface area contributed by atoms with Crippen LogP contribution in [0.25, 0.3) is 0 Å². The van der Waals surface area contributed by atoms with Gasteiger partial charge in [0.05, 0.1) is 29.9 Å². The van der Waals surface area contributed by atoms with Crippen molar-refractivity contribution in [2.24, 2.45) is 0 Å². The molecule has 3 aromatic carbocycles. The predicted molar refractivity (Wildman–Crippen MR) is 146 cm³/mol. The van der Waals surface area contributed by atoms with Crippen molar-refractivity contribution in [1.82, 2.24) is 14.7 Å². The highest BCUT2D eigenvalue weighted by molar-refractivity contribution is 6.15. The van der Waals surface area contributed by atoms with Crippen molar-refractivity contribution in [3.8, 4) is 6.07 Å². The van der Waals surface area contributed by atoms with Gasteiger partial charge in [0.2, 0.25) is 0 Å². The minimum atomic E-state index is -3.19. The van der Waals surface area contributed by atoms with Gasteiger partial charge in [-0.15, -0.1) is 0 Å². The highest BCUT2D eigenvalue weighted by atomic mass is 19.3. The molecular formula is C30H26F2N6O2. The van der Waals surface area contributed by atoms with E-state index in [4.69, 9.17) is 0 Å². The molecule has 1 aliphatic rings. The Morgan fingerprint density at radius 2 is 1.75 bits per heavy atom. The predicted octanol–water partition coefficient (Wildman–Crippen LogP) is 4.87. The first-order valence-corrected chi connectivity index (χ1v) is 12.6. The number of carbonyl (C=O) groups excluding carboxylic acids is 2. The molecule has 0 atom stereocenters. The molecule has 0 bridgehead atoms. The normalized spacial score (nSPS) is 13.2. The molecule has 10 heteroatoms. The van der Waals surface area contributed by atoms with Gasteiger partial charge < -0.3 is 15.1 Å². The van der Waals surface area contributed by atoms with Crippen molar-refractivity contribution in [2.75, 3.05) is 30.9 Å². The van der Waals surface area contributed by atoms with Gasteiger partial charge in [-0.05, 0) is 43.9 Å². The Balaban J connectivity index is 1.36. The van der Waals surface area contributed by atoms with Crippen LogP contribution in [0.5, 0.6) is 0 Å². The fraction of sp³-hybridized carbons (Fsp3) is 0.200. The van der Waals surface area contributed by atoms with E-state index in [1.807, 2.05) is 19.0 Å². The van der Waals surface area contributed by atoms with Crippen LogP contribution in [0.1, 0.15) is 43.1 Å². The van der Waals surface area contributed by atoms with Gasteiger partial charge in [0.15, 0.2) is 0 Å². The molecule has 8 nitrogen and oxygen atoms in total. The van der Waals surface area contributed by atoms with Gasteiger partial charge in [-0.3, -0.25) is 14.3 Å². The van der Waals surface area contributed by atoms with E-state index in [1.165, 1.54) is 52.2 Å². The molecule has 5 rings (SSSR count). The summed E-state index contributed by atoms with van der Waals surface area (Å²) in [5.41, 5.74) is 1.99. The molecule has 1 aromatic heterocycles. The van der Waals surface area contributed by atoms with Crippen LogP contribution in [0.3, 0.4) is 0 Å². The second-order valence-electron chi connectivity index (χ2n) is 9.75. The van der Waals surface area contributed by atoms with Crippen LogP contribution in [0.4, 0.5) is 20.2 Å². The first-order valence-electron chi connectivity index (χ1n) is 12.6. The number of anilines is 2. The number of amides is 2. The molecule has 40 heavy (non-hydrogen) atoms. The molecule has 0 unspecified atom stereocenters. The molecule has 0 saturated heterocycles. The second-order valence-corrected chi connectivity index (χ2v) is 9.75. The Labute approximate surface area is 230 Å². The summed E-state index contributed by atoms with van der Waals surface area (Å²) in [5.74, 6) is -4.19. The lowest BCUT2D eigenvalue weighted by Crippen LogP contribution is -2.41.